The Morgan fingerprint density at radius 3 is 2.67 bits per heavy atom. The van der Waals surface area contributed by atoms with E-state index >= 15 is 0 Å². The van der Waals surface area contributed by atoms with Crippen molar-refractivity contribution < 1.29 is 9.53 Å². The fourth-order valence-corrected chi connectivity index (χ4v) is 3.49. The molecule has 1 atom stereocenters. The number of hydrogen-bond donors (Lipinski definition) is 2. The van der Waals surface area contributed by atoms with Crippen LogP contribution < -0.4 is 11.1 Å². The molecular weight excluding hydrogens is 306 g/mol. The van der Waals surface area contributed by atoms with E-state index in [0.717, 1.165) is 32.5 Å². The Hall–Kier alpha value is -1.50. The molecule has 3 N–H and O–H groups in total. The van der Waals surface area contributed by atoms with Crippen LogP contribution in [0.5, 0.6) is 0 Å². The van der Waals surface area contributed by atoms with Crippen LogP contribution in [0.25, 0.3) is 0 Å². The van der Waals surface area contributed by atoms with E-state index < -0.39 is 0 Å². The maximum atomic E-state index is 11.7. The summed E-state index contributed by atoms with van der Waals surface area (Å²) in [7, 11) is 0. The van der Waals surface area contributed by atoms with Crippen LogP contribution in [0, 0.1) is 5.92 Å². The predicted molar refractivity (Wildman–Crippen MR) is 96.1 cm³/mol. The van der Waals surface area contributed by atoms with Crippen LogP contribution >= 0.6 is 0 Å². The van der Waals surface area contributed by atoms with Gasteiger partial charge in [0.1, 0.15) is 0 Å². The summed E-state index contributed by atoms with van der Waals surface area (Å²) in [6.07, 6.45) is 4.04. The Morgan fingerprint density at radius 1 is 1.25 bits per heavy atom. The number of aliphatic imine (C=N–C) groups is 1. The average molecular weight is 339 g/mol. The number of likely N-dealkylation sites (tertiary alicyclic amines) is 2. The van der Waals surface area contributed by atoms with Gasteiger partial charge in [-0.05, 0) is 51.6 Å². The highest BCUT2D eigenvalue weighted by Gasteiger charge is 2.24. The van der Waals surface area contributed by atoms with Gasteiger partial charge in [-0.15, -0.1) is 0 Å². The lowest BCUT2D eigenvalue weighted by molar-refractivity contribution is 0.0963. The Bertz CT molecular complexity index is 421. The Labute approximate surface area is 145 Å². The van der Waals surface area contributed by atoms with Gasteiger partial charge in [-0.3, -0.25) is 4.99 Å². The summed E-state index contributed by atoms with van der Waals surface area (Å²) < 4.78 is 5.04. The molecule has 0 bridgehead atoms. The first-order valence-corrected chi connectivity index (χ1v) is 9.32. The molecule has 2 rings (SSSR count). The van der Waals surface area contributed by atoms with E-state index in [1.54, 1.807) is 4.90 Å². The molecule has 7 heteroatoms. The number of carbonyl (C=O) groups excluding carboxylic acids is 1. The van der Waals surface area contributed by atoms with E-state index in [9.17, 15) is 4.79 Å². The lowest BCUT2D eigenvalue weighted by Crippen LogP contribution is -2.48. The third kappa shape index (κ3) is 5.85. The summed E-state index contributed by atoms with van der Waals surface area (Å²) in [5.41, 5.74) is 6.05. The minimum absolute atomic E-state index is 0.213. The number of nitrogens with zero attached hydrogens (tertiary/aromatic N) is 3. The van der Waals surface area contributed by atoms with Crippen LogP contribution in [0.3, 0.4) is 0 Å². The first-order valence-electron chi connectivity index (χ1n) is 9.32. The molecule has 1 unspecified atom stereocenters. The van der Waals surface area contributed by atoms with Crippen molar-refractivity contribution in [3.63, 3.8) is 0 Å². The van der Waals surface area contributed by atoms with Gasteiger partial charge in [-0.25, -0.2) is 4.79 Å². The third-order valence-corrected chi connectivity index (χ3v) is 4.94. The molecule has 7 nitrogen and oxygen atoms in total. The van der Waals surface area contributed by atoms with Crippen molar-refractivity contribution in [2.45, 2.75) is 45.6 Å². The van der Waals surface area contributed by atoms with Crippen LogP contribution in [0.1, 0.15) is 39.5 Å². The van der Waals surface area contributed by atoms with Crippen LogP contribution in [0.15, 0.2) is 4.99 Å². The molecule has 24 heavy (non-hydrogen) atoms. The minimum Gasteiger partial charge on any atom is -0.450 e. The fraction of sp³-hybridized carbons (Fsp3) is 0.882. The number of amides is 1. The second-order valence-corrected chi connectivity index (χ2v) is 6.73. The first kappa shape index (κ1) is 18.8. The summed E-state index contributed by atoms with van der Waals surface area (Å²) >= 11 is 0. The molecule has 0 aromatic rings. The average Bonchev–Trinajstić information content (AvgIpc) is 2.61. The van der Waals surface area contributed by atoms with Gasteiger partial charge in [0.2, 0.25) is 0 Å². The highest BCUT2D eigenvalue weighted by atomic mass is 16.6. The van der Waals surface area contributed by atoms with Crippen molar-refractivity contribution in [1.29, 1.82) is 0 Å². The van der Waals surface area contributed by atoms with Gasteiger partial charge in [-0.2, -0.15) is 0 Å². The molecule has 138 valence electrons. The maximum Gasteiger partial charge on any atom is 0.409 e. The topological polar surface area (TPSA) is 83.2 Å². The van der Waals surface area contributed by atoms with Crippen LogP contribution in [-0.4, -0.2) is 73.8 Å². The molecule has 2 aliphatic heterocycles. The van der Waals surface area contributed by atoms with Gasteiger partial charge in [0.15, 0.2) is 5.96 Å². The van der Waals surface area contributed by atoms with Crippen LogP contribution in [0.2, 0.25) is 0 Å². The molecule has 2 heterocycles. The number of nitrogens with two attached hydrogens (primary N) is 1. The summed E-state index contributed by atoms with van der Waals surface area (Å²) in [6.45, 7) is 10.1. The molecule has 2 saturated heterocycles. The summed E-state index contributed by atoms with van der Waals surface area (Å²) in [4.78, 5) is 20.5. The largest absolute Gasteiger partial charge is 0.450 e. The number of nitrogens with one attached hydrogen (secondary N) is 1. The molecule has 0 aliphatic carbocycles. The number of rotatable bonds is 5. The molecule has 2 fully saturated rings. The highest BCUT2D eigenvalue weighted by Crippen LogP contribution is 2.16. The highest BCUT2D eigenvalue weighted by molar-refractivity contribution is 5.78. The number of carbonyl (C=O) groups is 1. The SMILES string of the molecule is CCOC(=O)N1CCC(NC(N)=NCC2CCCN(CC)C2)CC1. The monoisotopic (exact) mass is 339 g/mol. The van der Waals surface area contributed by atoms with E-state index in [0.29, 0.717) is 31.6 Å². The smallest absolute Gasteiger partial charge is 0.409 e. The summed E-state index contributed by atoms with van der Waals surface area (Å²) in [5.74, 6) is 1.16. The second kappa shape index (κ2) is 9.71. The molecule has 1 amide bonds. The van der Waals surface area contributed by atoms with Crippen molar-refractivity contribution in [3.05, 3.63) is 0 Å². The number of piperidine rings is 2. The van der Waals surface area contributed by atoms with Crippen molar-refractivity contribution in [1.82, 2.24) is 15.1 Å². The van der Waals surface area contributed by atoms with Crippen molar-refractivity contribution >= 4 is 12.1 Å². The van der Waals surface area contributed by atoms with Gasteiger partial charge in [0.05, 0.1) is 6.61 Å². The van der Waals surface area contributed by atoms with Gasteiger partial charge < -0.3 is 25.6 Å². The molecule has 0 radical (unpaired) electrons. The van der Waals surface area contributed by atoms with Crippen molar-refractivity contribution in [2.24, 2.45) is 16.6 Å². The zero-order chi connectivity index (χ0) is 17.4. The Morgan fingerprint density at radius 2 is 2.00 bits per heavy atom. The minimum atomic E-state index is -0.213. The van der Waals surface area contributed by atoms with E-state index in [1.165, 1.54) is 19.4 Å². The molecule has 0 aromatic carbocycles. The van der Waals surface area contributed by atoms with Crippen LogP contribution in [0.4, 0.5) is 4.79 Å². The van der Waals surface area contributed by atoms with E-state index in [1.807, 2.05) is 6.92 Å². The second-order valence-electron chi connectivity index (χ2n) is 6.73. The fourth-order valence-electron chi connectivity index (χ4n) is 3.49. The number of guanidine groups is 1. The molecular formula is C17H33N5O2. The van der Waals surface area contributed by atoms with Gasteiger partial charge in [-0.1, -0.05) is 6.92 Å². The van der Waals surface area contributed by atoms with Crippen LogP contribution in [-0.2, 0) is 4.74 Å². The van der Waals surface area contributed by atoms with Gasteiger partial charge in [0.25, 0.3) is 0 Å². The lowest BCUT2D eigenvalue weighted by Gasteiger charge is -2.32. The zero-order valence-electron chi connectivity index (χ0n) is 15.2. The molecule has 2 aliphatic rings. The number of hydrogen-bond acceptors (Lipinski definition) is 4. The summed E-state index contributed by atoms with van der Waals surface area (Å²) in [6, 6.07) is 0.290. The predicted octanol–water partition coefficient (Wildman–Crippen LogP) is 1.24. The lowest BCUT2D eigenvalue weighted by atomic mass is 9.98. The third-order valence-electron chi connectivity index (χ3n) is 4.94. The maximum absolute atomic E-state index is 11.7. The van der Waals surface area contributed by atoms with Crippen molar-refractivity contribution in [3.8, 4) is 0 Å². The Kier molecular flexibility index (Phi) is 7.62. The molecule has 0 spiro atoms. The van der Waals surface area contributed by atoms with Gasteiger partial charge in [0, 0.05) is 32.2 Å². The standard InChI is InChI=1S/C17H33N5O2/c1-3-21-9-5-6-14(13-21)12-19-16(18)20-15-7-10-22(11-8-15)17(23)24-4-2/h14-15H,3-13H2,1-2H3,(H3,18,19,20). The van der Waals surface area contributed by atoms with E-state index in [2.05, 4.69) is 22.1 Å². The first-order chi connectivity index (χ1) is 11.6. The van der Waals surface area contributed by atoms with E-state index in [-0.39, 0.29) is 12.1 Å². The Balaban J connectivity index is 1.69. The number of ether oxygens (including phenoxy) is 1. The zero-order valence-corrected chi connectivity index (χ0v) is 15.2. The quantitative estimate of drug-likeness (QED) is 0.582. The van der Waals surface area contributed by atoms with Crippen molar-refractivity contribution in [2.75, 3.05) is 45.9 Å². The summed E-state index contributed by atoms with van der Waals surface area (Å²) in [5, 5.41) is 3.31. The molecule has 0 aromatic heterocycles. The van der Waals surface area contributed by atoms with E-state index in [4.69, 9.17) is 10.5 Å². The normalized spacial score (nSPS) is 24.0. The molecule has 0 saturated carbocycles. The van der Waals surface area contributed by atoms with Gasteiger partial charge >= 0.3 is 6.09 Å².